The predicted octanol–water partition coefficient (Wildman–Crippen LogP) is 10.0. The van der Waals surface area contributed by atoms with E-state index in [1.165, 1.54) is 80.6 Å². The Morgan fingerprint density at radius 3 is 2.23 bits per heavy atom. The van der Waals surface area contributed by atoms with Crippen LogP contribution >= 0.6 is 11.3 Å². The lowest BCUT2D eigenvalue weighted by Crippen LogP contribution is -2.37. The zero-order chi connectivity index (χ0) is 26.7. The highest BCUT2D eigenvalue weighted by molar-refractivity contribution is 7.26. The van der Waals surface area contributed by atoms with Gasteiger partial charge in [-0.15, -0.1) is 11.3 Å². The van der Waals surface area contributed by atoms with Crippen LogP contribution in [0.5, 0.6) is 0 Å². The van der Waals surface area contributed by atoms with Crippen LogP contribution in [0.1, 0.15) is 49.1 Å². The second kappa shape index (κ2) is 7.68. The average Bonchev–Trinajstić information content (AvgIpc) is 3.37. The van der Waals surface area contributed by atoms with Crippen molar-refractivity contribution in [2.45, 2.75) is 32.1 Å². The Labute approximate surface area is 237 Å². The molecule has 2 aliphatic rings. The second-order valence-corrected chi connectivity index (χ2v) is 13.4. The van der Waals surface area contributed by atoms with E-state index in [0.29, 0.717) is 0 Å². The van der Waals surface area contributed by atoms with Gasteiger partial charge in [-0.2, -0.15) is 4.57 Å². The fraction of sp³-hybridized carbons (Fsp3) is 0.132. The van der Waals surface area contributed by atoms with Gasteiger partial charge in [0, 0.05) is 26.9 Å². The summed E-state index contributed by atoms with van der Waals surface area (Å²) in [4.78, 5) is 0. The van der Waals surface area contributed by atoms with Crippen LogP contribution in [0.4, 0.5) is 0 Å². The molecule has 2 aromatic heterocycles. The minimum Gasteiger partial charge on any atom is -0.162 e. The summed E-state index contributed by atoms with van der Waals surface area (Å²) < 4.78 is 5.23. The first-order valence-electron chi connectivity index (χ1n) is 14.1. The first-order chi connectivity index (χ1) is 19.5. The topological polar surface area (TPSA) is 3.88 Å². The van der Waals surface area contributed by atoms with Crippen molar-refractivity contribution in [2.75, 3.05) is 0 Å². The standard InChI is InChI=1S/C38H28NS/c1-38(2,3)24-14-16-25-28(21-24)26-17-19-31-36-35-30(40-31)18-13-23-12-15-27(34(25)33(23)35)32(22-9-5-4-6-10-22)29-11-7-8-20-39(29)37(26)36/h4-21,32H,1-3H3/q+1. The van der Waals surface area contributed by atoms with Crippen LogP contribution in [-0.2, 0) is 5.41 Å². The Bertz CT molecular complexity index is 2300. The molecule has 0 amide bonds. The number of thiophene rings is 1. The van der Waals surface area contributed by atoms with E-state index in [1.54, 1.807) is 0 Å². The van der Waals surface area contributed by atoms with Crippen LogP contribution in [-0.4, -0.2) is 0 Å². The molecule has 0 N–H and O–H groups in total. The molecule has 190 valence electrons. The Kier molecular flexibility index (Phi) is 4.33. The van der Waals surface area contributed by atoms with E-state index in [0.717, 1.165) is 0 Å². The SMILES string of the molecule is CC(C)(C)c1ccc2c(c1)c1ccc3sc4ccc5ccc6c2c5c4c3c1-[n+]1ccccc1C6c1ccccc1. The minimum absolute atomic E-state index is 0.0574. The van der Waals surface area contributed by atoms with E-state index in [2.05, 4.69) is 135 Å². The van der Waals surface area contributed by atoms with Crippen LogP contribution in [0.25, 0.3) is 58.2 Å². The molecule has 1 atom stereocenters. The molecule has 2 heteroatoms. The molecule has 0 fully saturated rings. The first kappa shape index (κ1) is 22.5. The maximum absolute atomic E-state index is 2.51. The number of hydrogen-bond donors (Lipinski definition) is 0. The number of hydrogen-bond acceptors (Lipinski definition) is 1. The fourth-order valence-electron chi connectivity index (χ4n) is 7.27. The molecule has 10 rings (SSSR count). The Morgan fingerprint density at radius 2 is 1.38 bits per heavy atom. The highest BCUT2D eigenvalue weighted by Crippen LogP contribution is 2.50. The highest BCUT2D eigenvalue weighted by Gasteiger charge is 2.35. The summed E-state index contributed by atoms with van der Waals surface area (Å²) in [5, 5.41) is 10.9. The Hall–Kier alpha value is -4.27. The molecule has 0 radical (unpaired) electrons. The molecule has 0 saturated carbocycles. The molecule has 40 heavy (non-hydrogen) atoms. The van der Waals surface area contributed by atoms with E-state index in [-0.39, 0.29) is 11.3 Å². The van der Waals surface area contributed by atoms with Crippen LogP contribution in [0.2, 0.25) is 0 Å². The van der Waals surface area contributed by atoms with Gasteiger partial charge in [-0.3, -0.25) is 0 Å². The lowest BCUT2D eigenvalue weighted by Gasteiger charge is -2.21. The largest absolute Gasteiger partial charge is 0.228 e. The predicted molar refractivity (Wildman–Crippen MR) is 171 cm³/mol. The smallest absolute Gasteiger partial charge is 0.162 e. The van der Waals surface area contributed by atoms with Gasteiger partial charge in [-0.25, -0.2) is 0 Å². The van der Waals surface area contributed by atoms with Gasteiger partial charge in [-0.1, -0.05) is 87.5 Å². The Morgan fingerprint density at radius 1 is 0.625 bits per heavy atom. The highest BCUT2D eigenvalue weighted by atomic mass is 32.1. The normalized spacial score (nSPS) is 15.1. The zero-order valence-electron chi connectivity index (χ0n) is 22.8. The summed E-state index contributed by atoms with van der Waals surface area (Å²) >= 11 is 1.93. The third-order valence-corrected chi connectivity index (χ3v) is 10.2. The molecular weight excluding hydrogens is 502 g/mol. The van der Waals surface area contributed by atoms with Gasteiger partial charge in [0.25, 0.3) is 0 Å². The molecule has 0 saturated heterocycles. The number of nitrogens with zero attached hydrogens (tertiary/aromatic N) is 1. The van der Waals surface area contributed by atoms with Gasteiger partial charge >= 0.3 is 0 Å². The summed E-state index contributed by atoms with van der Waals surface area (Å²) in [6.45, 7) is 6.96. The fourth-order valence-corrected chi connectivity index (χ4v) is 8.38. The Balaban J connectivity index is 1.68. The summed E-state index contributed by atoms with van der Waals surface area (Å²) in [5.41, 5.74) is 6.74. The summed E-state index contributed by atoms with van der Waals surface area (Å²) in [5.74, 6) is 0.0982. The summed E-state index contributed by atoms with van der Waals surface area (Å²) in [6, 6.07) is 39.3. The maximum atomic E-state index is 2.51. The van der Waals surface area contributed by atoms with Gasteiger partial charge in [0.2, 0.25) is 5.69 Å². The van der Waals surface area contributed by atoms with E-state index in [4.69, 9.17) is 0 Å². The van der Waals surface area contributed by atoms with Crippen molar-refractivity contribution in [3.8, 4) is 5.69 Å². The summed E-state index contributed by atoms with van der Waals surface area (Å²) in [6.07, 6.45) is 2.29. The maximum Gasteiger partial charge on any atom is 0.228 e. The van der Waals surface area contributed by atoms with Gasteiger partial charge in [0.15, 0.2) is 11.9 Å². The first-order valence-corrected chi connectivity index (χ1v) is 15.0. The average molecular weight is 531 g/mol. The van der Waals surface area contributed by atoms with Crippen molar-refractivity contribution in [1.29, 1.82) is 0 Å². The molecule has 1 unspecified atom stereocenters. The van der Waals surface area contributed by atoms with E-state index in [1.807, 2.05) is 11.3 Å². The third-order valence-electron chi connectivity index (χ3n) is 9.11. The molecule has 0 aliphatic carbocycles. The van der Waals surface area contributed by atoms with E-state index >= 15 is 0 Å². The molecule has 4 heterocycles. The van der Waals surface area contributed by atoms with Gasteiger partial charge in [0.05, 0.1) is 16.7 Å². The summed E-state index contributed by atoms with van der Waals surface area (Å²) in [7, 11) is 0. The zero-order valence-corrected chi connectivity index (χ0v) is 23.6. The van der Waals surface area contributed by atoms with Crippen molar-refractivity contribution in [3.05, 3.63) is 132 Å². The molecule has 0 spiro atoms. The van der Waals surface area contributed by atoms with Crippen molar-refractivity contribution in [1.82, 2.24) is 0 Å². The van der Waals surface area contributed by atoms with Crippen LogP contribution < -0.4 is 4.57 Å². The number of pyridine rings is 1. The van der Waals surface area contributed by atoms with Gasteiger partial charge in [-0.05, 0) is 73.3 Å². The lowest BCUT2D eigenvalue weighted by atomic mass is 9.81. The molecule has 8 aromatic rings. The van der Waals surface area contributed by atoms with Crippen LogP contribution in [0.15, 0.2) is 109 Å². The number of aromatic nitrogens is 1. The van der Waals surface area contributed by atoms with Crippen molar-refractivity contribution in [3.63, 3.8) is 0 Å². The molecule has 6 bridgehead atoms. The molecule has 2 aliphatic heterocycles. The third kappa shape index (κ3) is 2.84. The number of rotatable bonds is 1. The van der Waals surface area contributed by atoms with E-state index in [9.17, 15) is 0 Å². The van der Waals surface area contributed by atoms with Crippen LogP contribution in [0, 0.1) is 0 Å². The monoisotopic (exact) mass is 530 g/mol. The van der Waals surface area contributed by atoms with Crippen LogP contribution in [0.3, 0.4) is 0 Å². The number of benzene rings is 5. The van der Waals surface area contributed by atoms with Crippen molar-refractivity contribution < 1.29 is 4.57 Å². The second-order valence-electron chi connectivity index (χ2n) is 12.4. The van der Waals surface area contributed by atoms with Crippen molar-refractivity contribution >= 4 is 63.8 Å². The van der Waals surface area contributed by atoms with Gasteiger partial charge < -0.3 is 0 Å². The van der Waals surface area contributed by atoms with E-state index < -0.39 is 0 Å². The minimum atomic E-state index is 0.0574. The van der Waals surface area contributed by atoms with Crippen molar-refractivity contribution in [2.24, 2.45) is 0 Å². The lowest BCUT2D eigenvalue weighted by molar-refractivity contribution is -0.601. The molecular formula is C38H28NS+. The van der Waals surface area contributed by atoms with Gasteiger partial charge in [0.1, 0.15) is 0 Å². The quantitative estimate of drug-likeness (QED) is 0.186. The molecule has 1 nitrogen and oxygen atoms in total. The molecule has 6 aromatic carbocycles.